The van der Waals surface area contributed by atoms with Gasteiger partial charge in [0, 0.05) is 0 Å². The summed E-state index contributed by atoms with van der Waals surface area (Å²) in [7, 11) is 0. The third kappa shape index (κ3) is 3.48. The van der Waals surface area contributed by atoms with Gasteiger partial charge in [-0.3, -0.25) is 0 Å². The lowest BCUT2D eigenvalue weighted by atomic mass is 9.66. The summed E-state index contributed by atoms with van der Waals surface area (Å²) in [6.07, 6.45) is 0. The summed E-state index contributed by atoms with van der Waals surface area (Å²) in [6.45, 7) is -1.68. The fourth-order valence-electron chi connectivity index (χ4n) is 0.767. The molecule has 0 aliphatic heterocycles. The van der Waals surface area contributed by atoms with E-state index in [4.69, 9.17) is 5.11 Å². The van der Waals surface area contributed by atoms with Crippen molar-refractivity contribution in [2.24, 2.45) is 0 Å². The Hall–Kier alpha value is -0.905. The molecule has 0 amide bonds. The monoisotopic (exact) mass is 174 g/mol. The van der Waals surface area contributed by atoms with Crippen LogP contribution in [0.4, 0.5) is 4.32 Å². The van der Waals surface area contributed by atoms with Crippen molar-refractivity contribution in [1.82, 2.24) is 0 Å². The minimum atomic E-state index is -1.24. The maximum absolute atomic E-state index is 12.6. The summed E-state index contributed by atoms with van der Waals surface area (Å²) in [5.74, 6) is 0. The molecule has 1 aromatic rings. The average Bonchev–Trinajstić information content (AvgIpc) is 2.05. The van der Waals surface area contributed by atoms with E-state index < -0.39 is 13.5 Å². The molecule has 12 heavy (non-hydrogen) atoms. The number of hydrogen-bond acceptors (Lipinski definition) is 1. The van der Waals surface area contributed by atoms with Crippen LogP contribution in [0, 0.1) is 0 Å². The lowest BCUT2D eigenvalue weighted by Gasteiger charge is -1.97. The van der Waals surface area contributed by atoms with Crippen molar-refractivity contribution in [3.63, 3.8) is 0 Å². The second-order valence-corrected chi connectivity index (χ2v) is 2.06. The molecule has 0 aliphatic carbocycles. The van der Waals surface area contributed by atoms with Crippen molar-refractivity contribution in [2.45, 2.75) is 0 Å². The first kappa shape index (κ1) is 13.7. The topological polar surface area (TPSA) is 83.2 Å². The molecule has 0 fully saturated rings. The summed E-state index contributed by atoms with van der Waals surface area (Å²) >= 11 is 0. The first-order chi connectivity index (χ1) is 4.84. The summed E-state index contributed by atoms with van der Waals surface area (Å²) in [4.78, 5) is 0. The van der Waals surface area contributed by atoms with E-state index in [1.54, 1.807) is 24.3 Å². The standard InChI is InChI=1S/C7H8BFO.2H2O/c9-8(6-10)7-4-2-1-3-5-7;;/h1-5,10H,6H2;2*1H2. The highest BCUT2D eigenvalue weighted by Gasteiger charge is 2.13. The molecule has 0 radical (unpaired) electrons. The Labute approximate surface area is 70.6 Å². The minimum absolute atomic E-state index is 0. The zero-order chi connectivity index (χ0) is 7.40. The fraction of sp³-hybridized carbons (Fsp3) is 0.143. The Morgan fingerprint density at radius 2 is 1.67 bits per heavy atom. The van der Waals surface area contributed by atoms with E-state index in [-0.39, 0.29) is 11.0 Å². The highest BCUT2D eigenvalue weighted by molar-refractivity contribution is 6.66. The zero-order valence-electron chi connectivity index (χ0n) is 6.50. The second-order valence-electron chi connectivity index (χ2n) is 2.06. The summed E-state index contributed by atoms with van der Waals surface area (Å²) in [6, 6.07) is 8.62. The van der Waals surface area contributed by atoms with Gasteiger partial charge in [0.2, 0.25) is 0 Å². The zero-order valence-corrected chi connectivity index (χ0v) is 6.50. The molecule has 0 spiro atoms. The summed E-state index contributed by atoms with van der Waals surface area (Å²) in [5, 5.41) is 8.41. The molecule has 0 aromatic heterocycles. The van der Waals surface area contributed by atoms with Crippen LogP contribution < -0.4 is 5.46 Å². The van der Waals surface area contributed by atoms with Crippen molar-refractivity contribution in [3.05, 3.63) is 30.3 Å². The second kappa shape index (κ2) is 6.78. The SMILES string of the molecule is O.O.OCB(F)c1ccccc1. The average molecular weight is 174 g/mol. The van der Waals surface area contributed by atoms with Gasteiger partial charge >= 0.3 is 6.99 Å². The molecule has 68 valence electrons. The van der Waals surface area contributed by atoms with Gasteiger partial charge in [0.15, 0.2) is 0 Å². The number of aliphatic hydroxyl groups excluding tert-OH is 1. The Kier molecular flexibility index (Phi) is 7.73. The van der Waals surface area contributed by atoms with Crippen LogP contribution in [0.1, 0.15) is 0 Å². The van der Waals surface area contributed by atoms with Crippen LogP contribution >= 0.6 is 0 Å². The molecule has 0 heterocycles. The molecular formula is C7H12BFO3. The van der Waals surface area contributed by atoms with Crippen LogP contribution in [0.15, 0.2) is 30.3 Å². The fourth-order valence-corrected chi connectivity index (χ4v) is 0.767. The van der Waals surface area contributed by atoms with Crippen LogP contribution in [0.3, 0.4) is 0 Å². The van der Waals surface area contributed by atoms with E-state index >= 15 is 0 Å². The molecular weight excluding hydrogens is 162 g/mol. The summed E-state index contributed by atoms with van der Waals surface area (Å²) < 4.78 is 12.6. The van der Waals surface area contributed by atoms with E-state index in [2.05, 4.69) is 0 Å². The van der Waals surface area contributed by atoms with Gasteiger partial charge in [0.1, 0.15) is 0 Å². The van der Waals surface area contributed by atoms with Crippen LogP contribution in [-0.2, 0) is 0 Å². The molecule has 0 saturated heterocycles. The molecule has 0 bridgehead atoms. The third-order valence-corrected chi connectivity index (χ3v) is 1.32. The summed E-state index contributed by atoms with van der Waals surface area (Å²) in [5.41, 5.74) is 0.532. The Bertz CT molecular complexity index is 195. The lowest BCUT2D eigenvalue weighted by Crippen LogP contribution is -2.29. The van der Waals surface area contributed by atoms with Gasteiger partial charge in [-0.05, 0) is 5.46 Å². The largest absolute Gasteiger partial charge is 0.412 e. The number of hydrogen-bond donors (Lipinski definition) is 1. The molecule has 0 atom stereocenters. The maximum atomic E-state index is 12.6. The van der Waals surface area contributed by atoms with Gasteiger partial charge in [0.25, 0.3) is 0 Å². The van der Waals surface area contributed by atoms with E-state index in [1.807, 2.05) is 6.07 Å². The van der Waals surface area contributed by atoms with Crippen LogP contribution in [0.25, 0.3) is 0 Å². The maximum Gasteiger partial charge on any atom is 0.406 e. The smallest absolute Gasteiger partial charge is 0.406 e. The molecule has 3 nitrogen and oxygen atoms in total. The molecule has 0 aliphatic rings. The number of aliphatic hydroxyl groups is 1. The van der Waals surface area contributed by atoms with E-state index in [9.17, 15) is 4.32 Å². The molecule has 1 aromatic carbocycles. The van der Waals surface area contributed by atoms with Gasteiger partial charge in [-0.1, -0.05) is 30.3 Å². The Morgan fingerprint density at radius 3 is 2.08 bits per heavy atom. The van der Waals surface area contributed by atoms with Crippen molar-refractivity contribution < 1.29 is 20.4 Å². The molecule has 1 rings (SSSR count). The highest BCUT2D eigenvalue weighted by Crippen LogP contribution is 1.87. The third-order valence-electron chi connectivity index (χ3n) is 1.32. The van der Waals surface area contributed by atoms with Gasteiger partial charge in [-0.15, -0.1) is 0 Å². The van der Waals surface area contributed by atoms with E-state index in [0.29, 0.717) is 5.46 Å². The Balaban J connectivity index is 0. The van der Waals surface area contributed by atoms with Crippen LogP contribution in [0.5, 0.6) is 0 Å². The van der Waals surface area contributed by atoms with Crippen LogP contribution in [-0.4, -0.2) is 29.6 Å². The molecule has 5 heteroatoms. The molecule has 0 saturated carbocycles. The van der Waals surface area contributed by atoms with Gasteiger partial charge in [0.05, 0.1) is 6.51 Å². The minimum Gasteiger partial charge on any atom is -0.412 e. The Morgan fingerprint density at radius 1 is 1.17 bits per heavy atom. The number of benzene rings is 1. The number of halogens is 1. The van der Waals surface area contributed by atoms with Crippen molar-refractivity contribution in [2.75, 3.05) is 6.51 Å². The first-order valence-corrected chi connectivity index (χ1v) is 3.14. The van der Waals surface area contributed by atoms with Crippen molar-refractivity contribution in [1.29, 1.82) is 0 Å². The van der Waals surface area contributed by atoms with Crippen molar-refractivity contribution >= 4 is 12.5 Å². The van der Waals surface area contributed by atoms with Gasteiger partial charge < -0.3 is 20.4 Å². The quantitative estimate of drug-likeness (QED) is 0.557. The first-order valence-electron chi connectivity index (χ1n) is 3.14. The predicted octanol–water partition coefficient (Wildman–Crippen LogP) is -1.26. The van der Waals surface area contributed by atoms with Crippen LogP contribution in [0.2, 0.25) is 0 Å². The molecule has 0 unspecified atom stereocenters. The van der Waals surface area contributed by atoms with Crippen molar-refractivity contribution in [3.8, 4) is 0 Å². The lowest BCUT2D eigenvalue weighted by molar-refractivity contribution is 0.355. The normalized spacial score (nSPS) is 7.83. The molecule has 5 N–H and O–H groups in total. The predicted molar refractivity (Wildman–Crippen MR) is 47.3 cm³/mol. The van der Waals surface area contributed by atoms with Gasteiger partial charge in [-0.2, -0.15) is 0 Å². The van der Waals surface area contributed by atoms with E-state index in [0.717, 1.165) is 0 Å². The number of rotatable bonds is 2. The highest BCUT2D eigenvalue weighted by atomic mass is 19.1. The van der Waals surface area contributed by atoms with E-state index in [1.165, 1.54) is 0 Å². The van der Waals surface area contributed by atoms with Gasteiger partial charge in [-0.25, -0.2) is 0 Å².